The van der Waals surface area contributed by atoms with Crippen LogP contribution in [0.2, 0.25) is 0 Å². The number of sulfonamides is 1. The van der Waals surface area contributed by atoms with Crippen molar-refractivity contribution in [2.75, 3.05) is 7.05 Å². The van der Waals surface area contributed by atoms with Crippen molar-refractivity contribution in [3.63, 3.8) is 0 Å². The molecule has 0 fully saturated rings. The van der Waals surface area contributed by atoms with Gasteiger partial charge in [0, 0.05) is 19.7 Å². The van der Waals surface area contributed by atoms with Gasteiger partial charge in [-0.25, -0.2) is 12.7 Å². The maximum Gasteiger partial charge on any atom is 0.266 e. The number of nitrogens with one attached hydrogen (secondary N) is 1. The Labute approximate surface area is 112 Å². The summed E-state index contributed by atoms with van der Waals surface area (Å²) in [5.74, 6) is -0.516. The number of benzene rings is 1. The van der Waals surface area contributed by atoms with Crippen molar-refractivity contribution in [2.45, 2.75) is 24.3 Å². The minimum absolute atomic E-state index is 0.105. The second-order valence-electron chi connectivity index (χ2n) is 4.35. The van der Waals surface area contributed by atoms with Gasteiger partial charge in [-0.3, -0.25) is 10.2 Å². The van der Waals surface area contributed by atoms with Gasteiger partial charge in [-0.2, -0.15) is 5.10 Å². The molecule has 0 bridgehead atoms. The summed E-state index contributed by atoms with van der Waals surface area (Å²) in [5, 5.41) is 3.72. The molecule has 102 valence electrons. The van der Waals surface area contributed by atoms with Crippen LogP contribution in [0.1, 0.15) is 12.0 Å². The number of hydrogen-bond acceptors (Lipinski definition) is 5. The molecule has 0 saturated heterocycles. The first-order valence-electron chi connectivity index (χ1n) is 5.79. The van der Waals surface area contributed by atoms with Gasteiger partial charge in [0.25, 0.3) is 15.9 Å². The minimum Gasteiger partial charge on any atom is -0.297 e. The van der Waals surface area contributed by atoms with Crippen LogP contribution < -0.4 is 5.43 Å². The summed E-state index contributed by atoms with van der Waals surface area (Å²) >= 11 is 0. The van der Waals surface area contributed by atoms with Gasteiger partial charge in [-0.1, -0.05) is 17.7 Å². The fraction of sp³-hybridized carbons (Fsp3) is 0.333. The summed E-state index contributed by atoms with van der Waals surface area (Å²) in [6, 6.07) is 5.77. The lowest BCUT2D eigenvalue weighted by molar-refractivity contribution is -0.127. The monoisotopic (exact) mass is 281 g/mol. The number of carbonyl (C=O) groups is 1. The van der Waals surface area contributed by atoms with E-state index < -0.39 is 22.0 Å². The molecule has 0 saturated carbocycles. The molecule has 0 spiro atoms. The van der Waals surface area contributed by atoms with Crippen LogP contribution >= 0.6 is 0 Å². The third-order valence-electron chi connectivity index (χ3n) is 2.95. The molecule has 2 rings (SSSR count). The second kappa shape index (κ2) is 5.00. The first-order chi connectivity index (χ1) is 8.93. The Kier molecular flexibility index (Phi) is 3.57. The van der Waals surface area contributed by atoms with Gasteiger partial charge >= 0.3 is 0 Å². The summed E-state index contributed by atoms with van der Waals surface area (Å²) in [5.41, 5.74) is 3.54. The number of likely N-dealkylation sites (N-methyl/N-ethyl adjacent to an activating group) is 1. The lowest BCUT2D eigenvalue weighted by atomic mass is 10.2. The van der Waals surface area contributed by atoms with E-state index in [1.165, 1.54) is 19.2 Å². The molecular weight excluding hydrogens is 266 g/mol. The summed E-state index contributed by atoms with van der Waals surface area (Å²) in [6.07, 6.45) is 1.95. The Hall–Kier alpha value is -1.89. The average molecular weight is 281 g/mol. The molecule has 1 amide bonds. The SMILES string of the molecule is Cc1ccc(S(=O)(=O)N(C)C(=O)C2CC=NN2)cc1. The summed E-state index contributed by atoms with van der Waals surface area (Å²) in [6.45, 7) is 1.87. The number of aryl methyl sites for hydroxylation is 1. The quantitative estimate of drug-likeness (QED) is 0.874. The molecule has 19 heavy (non-hydrogen) atoms. The van der Waals surface area contributed by atoms with Crippen molar-refractivity contribution < 1.29 is 13.2 Å². The first kappa shape index (κ1) is 13.5. The van der Waals surface area contributed by atoms with E-state index in [4.69, 9.17) is 0 Å². The number of hydrazone groups is 1. The van der Waals surface area contributed by atoms with Crippen LogP contribution in [0.15, 0.2) is 34.3 Å². The molecule has 1 aliphatic rings. The van der Waals surface area contributed by atoms with E-state index in [1.54, 1.807) is 18.3 Å². The Bertz CT molecular complexity index is 600. The van der Waals surface area contributed by atoms with Crippen molar-refractivity contribution in [2.24, 2.45) is 5.10 Å². The predicted molar refractivity (Wildman–Crippen MR) is 71.2 cm³/mol. The fourth-order valence-corrected chi connectivity index (χ4v) is 2.88. The van der Waals surface area contributed by atoms with E-state index in [1.807, 2.05) is 6.92 Å². The van der Waals surface area contributed by atoms with E-state index in [0.717, 1.165) is 9.87 Å². The highest BCUT2D eigenvalue weighted by Gasteiger charge is 2.31. The smallest absolute Gasteiger partial charge is 0.266 e. The zero-order valence-electron chi connectivity index (χ0n) is 10.7. The maximum atomic E-state index is 12.3. The van der Waals surface area contributed by atoms with Crippen molar-refractivity contribution in [1.82, 2.24) is 9.73 Å². The number of hydrogen-bond donors (Lipinski definition) is 1. The van der Waals surface area contributed by atoms with E-state index in [2.05, 4.69) is 10.5 Å². The topological polar surface area (TPSA) is 78.8 Å². The lowest BCUT2D eigenvalue weighted by Crippen LogP contribution is -2.44. The Morgan fingerprint density at radius 2 is 2.00 bits per heavy atom. The Morgan fingerprint density at radius 3 is 2.53 bits per heavy atom. The van der Waals surface area contributed by atoms with Gasteiger partial charge in [-0.05, 0) is 19.1 Å². The molecule has 1 aromatic rings. The molecular formula is C12H15N3O3S. The summed E-state index contributed by atoms with van der Waals surface area (Å²) < 4.78 is 25.3. The summed E-state index contributed by atoms with van der Waals surface area (Å²) in [7, 11) is -2.54. The van der Waals surface area contributed by atoms with Crippen LogP contribution in [0.5, 0.6) is 0 Å². The standard InChI is InChI=1S/C12H15N3O3S/c1-9-3-5-10(6-4-9)19(17,18)15(2)12(16)11-7-8-13-14-11/h3-6,8,11,14H,7H2,1-2H3. The third kappa shape index (κ3) is 2.60. The number of nitrogens with zero attached hydrogens (tertiary/aromatic N) is 2. The Balaban J connectivity index is 2.23. The van der Waals surface area contributed by atoms with Crippen molar-refractivity contribution in [1.29, 1.82) is 0 Å². The van der Waals surface area contributed by atoms with E-state index in [9.17, 15) is 13.2 Å². The van der Waals surface area contributed by atoms with Gasteiger partial charge in [0.2, 0.25) is 0 Å². The predicted octanol–water partition coefficient (Wildman–Crippen LogP) is 0.490. The van der Waals surface area contributed by atoms with E-state index >= 15 is 0 Å². The van der Waals surface area contributed by atoms with Crippen molar-refractivity contribution >= 4 is 22.1 Å². The maximum absolute atomic E-state index is 12.3. The highest BCUT2D eigenvalue weighted by atomic mass is 32.2. The number of amides is 1. The fourth-order valence-electron chi connectivity index (χ4n) is 1.72. The molecule has 0 aliphatic carbocycles. The molecule has 0 radical (unpaired) electrons. The molecule has 1 aromatic carbocycles. The van der Waals surface area contributed by atoms with Crippen LogP contribution in [0, 0.1) is 6.92 Å². The van der Waals surface area contributed by atoms with Crippen LogP contribution in [0.3, 0.4) is 0 Å². The van der Waals surface area contributed by atoms with Crippen LogP contribution in [0.4, 0.5) is 0 Å². The highest BCUT2D eigenvalue weighted by Crippen LogP contribution is 2.16. The van der Waals surface area contributed by atoms with Crippen LogP contribution in [0.25, 0.3) is 0 Å². The first-order valence-corrected chi connectivity index (χ1v) is 7.23. The van der Waals surface area contributed by atoms with E-state index in [-0.39, 0.29) is 4.90 Å². The molecule has 1 atom stereocenters. The largest absolute Gasteiger partial charge is 0.297 e. The normalized spacial score (nSPS) is 18.1. The molecule has 1 heterocycles. The average Bonchev–Trinajstić information content (AvgIpc) is 2.91. The van der Waals surface area contributed by atoms with Crippen LogP contribution in [-0.4, -0.2) is 37.9 Å². The number of carbonyl (C=O) groups excluding carboxylic acids is 1. The van der Waals surface area contributed by atoms with Gasteiger partial charge in [0.1, 0.15) is 6.04 Å². The van der Waals surface area contributed by atoms with E-state index in [0.29, 0.717) is 6.42 Å². The lowest BCUT2D eigenvalue weighted by Gasteiger charge is -2.20. The van der Waals surface area contributed by atoms with Gasteiger partial charge in [-0.15, -0.1) is 0 Å². The van der Waals surface area contributed by atoms with Gasteiger partial charge in [0.15, 0.2) is 0 Å². The minimum atomic E-state index is -3.80. The summed E-state index contributed by atoms with van der Waals surface area (Å²) in [4.78, 5) is 12.1. The molecule has 1 aliphatic heterocycles. The van der Waals surface area contributed by atoms with Crippen molar-refractivity contribution in [3.8, 4) is 0 Å². The molecule has 1 N–H and O–H groups in total. The second-order valence-corrected chi connectivity index (χ2v) is 6.32. The third-order valence-corrected chi connectivity index (χ3v) is 4.72. The number of rotatable bonds is 3. The molecule has 7 heteroatoms. The molecule has 6 nitrogen and oxygen atoms in total. The molecule has 1 unspecified atom stereocenters. The highest BCUT2D eigenvalue weighted by molar-refractivity contribution is 7.89. The Morgan fingerprint density at radius 1 is 1.37 bits per heavy atom. The molecule has 0 aromatic heterocycles. The van der Waals surface area contributed by atoms with Crippen LogP contribution in [-0.2, 0) is 14.8 Å². The van der Waals surface area contributed by atoms with Gasteiger partial charge < -0.3 is 0 Å². The van der Waals surface area contributed by atoms with Crippen molar-refractivity contribution in [3.05, 3.63) is 29.8 Å². The zero-order chi connectivity index (χ0) is 14.0. The van der Waals surface area contributed by atoms with Gasteiger partial charge in [0.05, 0.1) is 4.90 Å². The zero-order valence-corrected chi connectivity index (χ0v) is 11.5.